The molecular formula is C13H16N2O3. The summed E-state index contributed by atoms with van der Waals surface area (Å²) in [5.74, 6) is -0.416. The van der Waals surface area contributed by atoms with Crippen molar-refractivity contribution in [1.82, 2.24) is 5.32 Å². The molecule has 0 aromatic heterocycles. The lowest BCUT2D eigenvalue weighted by Crippen LogP contribution is -2.32. The quantitative estimate of drug-likeness (QED) is 0.775. The van der Waals surface area contributed by atoms with Gasteiger partial charge < -0.3 is 15.8 Å². The number of cyclic esters (lactones) is 1. The first-order valence-electron chi connectivity index (χ1n) is 5.81. The number of carbonyl (C=O) groups excluding carboxylic acids is 2. The Morgan fingerprint density at radius 3 is 2.89 bits per heavy atom. The number of nitrogens with one attached hydrogen (secondary N) is 1. The molecule has 5 nitrogen and oxygen atoms in total. The molecule has 1 aromatic rings. The van der Waals surface area contributed by atoms with Crippen LogP contribution >= 0.6 is 0 Å². The first-order chi connectivity index (χ1) is 8.54. The van der Waals surface area contributed by atoms with Gasteiger partial charge in [-0.25, -0.2) is 4.79 Å². The molecule has 0 unspecified atom stereocenters. The monoisotopic (exact) mass is 248 g/mol. The zero-order valence-corrected chi connectivity index (χ0v) is 10.4. The lowest BCUT2D eigenvalue weighted by molar-refractivity contribution is -0.119. The number of esters is 1. The van der Waals surface area contributed by atoms with E-state index in [9.17, 15) is 9.59 Å². The zero-order valence-electron chi connectivity index (χ0n) is 10.4. The molecule has 0 saturated heterocycles. The number of hydrogen-bond acceptors (Lipinski definition) is 4. The Bertz CT molecular complexity index is 511. The SMILES string of the molecule is CC(=O)N[C@@H](CN)c1ccc2c(c1C)COC2=O. The van der Waals surface area contributed by atoms with Crippen molar-refractivity contribution in [2.24, 2.45) is 5.73 Å². The third kappa shape index (κ3) is 2.09. The standard InChI is InChI=1S/C13H16N2O3/c1-7-9(12(5-14)15-8(2)16)3-4-10-11(7)6-18-13(10)17/h3-4,12H,5-6,14H2,1-2H3,(H,15,16)/t12-/m0/s1. The van der Waals surface area contributed by atoms with Gasteiger partial charge in [-0.3, -0.25) is 4.79 Å². The van der Waals surface area contributed by atoms with Crippen molar-refractivity contribution in [3.05, 3.63) is 34.4 Å². The first-order valence-corrected chi connectivity index (χ1v) is 5.81. The zero-order chi connectivity index (χ0) is 13.3. The fourth-order valence-corrected chi connectivity index (χ4v) is 2.25. The van der Waals surface area contributed by atoms with Crippen LogP contribution < -0.4 is 11.1 Å². The van der Waals surface area contributed by atoms with E-state index in [1.165, 1.54) is 6.92 Å². The van der Waals surface area contributed by atoms with Crippen LogP contribution in [0.2, 0.25) is 0 Å². The van der Waals surface area contributed by atoms with Crippen LogP contribution in [0.4, 0.5) is 0 Å². The van der Waals surface area contributed by atoms with Crippen LogP contribution in [0.25, 0.3) is 0 Å². The molecule has 3 N–H and O–H groups in total. The largest absolute Gasteiger partial charge is 0.457 e. The van der Waals surface area contributed by atoms with Gasteiger partial charge in [-0.05, 0) is 24.1 Å². The maximum Gasteiger partial charge on any atom is 0.338 e. The second-order valence-electron chi connectivity index (χ2n) is 4.37. The predicted octanol–water partition coefficient (Wildman–Crippen LogP) is 0.801. The van der Waals surface area contributed by atoms with Crippen molar-refractivity contribution in [3.63, 3.8) is 0 Å². The van der Waals surface area contributed by atoms with Gasteiger partial charge in [0, 0.05) is 19.0 Å². The molecular weight excluding hydrogens is 232 g/mol. The molecule has 0 spiro atoms. The molecule has 1 aliphatic rings. The van der Waals surface area contributed by atoms with E-state index in [-0.39, 0.29) is 17.9 Å². The van der Waals surface area contributed by atoms with Crippen molar-refractivity contribution in [3.8, 4) is 0 Å². The van der Waals surface area contributed by atoms with E-state index >= 15 is 0 Å². The molecule has 5 heteroatoms. The van der Waals surface area contributed by atoms with Crippen LogP contribution in [0, 0.1) is 6.92 Å². The summed E-state index contributed by atoms with van der Waals surface area (Å²) in [5.41, 5.74) is 9.07. The Balaban J connectivity index is 2.40. The summed E-state index contributed by atoms with van der Waals surface area (Å²) in [7, 11) is 0. The van der Waals surface area contributed by atoms with Crippen molar-refractivity contribution < 1.29 is 14.3 Å². The Morgan fingerprint density at radius 1 is 1.56 bits per heavy atom. The van der Waals surface area contributed by atoms with Crippen molar-refractivity contribution in [1.29, 1.82) is 0 Å². The van der Waals surface area contributed by atoms with Gasteiger partial charge in [0.25, 0.3) is 0 Å². The van der Waals surface area contributed by atoms with Crippen LogP contribution in [0.1, 0.15) is 40.0 Å². The fraction of sp³-hybridized carbons (Fsp3) is 0.385. The van der Waals surface area contributed by atoms with Crippen molar-refractivity contribution in [2.75, 3.05) is 6.54 Å². The molecule has 0 saturated carbocycles. The lowest BCUT2D eigenvalue weighted by atomic mass is 9.94. The topological polar surface area (TPSA) is 81.4 Å². The molecule has 1 atom stereocenters. The maximum atomic E-state index is 11.4. The van der Waals surface area contributed by atoms with Gasteiger partial charge in [-0.1, -0.05) is 6.07 Å². The number of hydrogen-bond donors (Lipinski definition) is 2. The molecule has 0 aliphatic carbocycles. The number of carbonyl (C=O) groups is 2. The van der Waals surface area contributed by atoms with E-state index in [1.54, 1.807) is 6.07 Å². The minimum atomic E-state index is -0.288. The molecule has 1 heterocycles. The summed E-state index contributed by atoms with van der Waals surface area (Å²) in [4.78, 5) is 22.6. The van der Waals surface area contributed by atoms with E-state index in [0.717, 1.165) is 16.7 Å². The molecule has 1 amide bonds. The van der Waals surface area contributed by atoms with E-state index in [2.05, 4.69) is 5.32 Å². The maximum absolute atomic E-state index is 11.4. The van der Waals surface area contributed by atoms with Crippen molar-refractivity contribution in [2.45, 2.75) is 26.5 Å². The summed E-state index contributed by atoms with van der Waals surface area (Å²) in [6, 6.07) is 3.33. The van der Waals surface area contributed by atoms with Crippen LogP contribution in [0.3, 0.4) is 0 Å². The lowest BCUT2D eigenvalue weighted by Gasteiger charge is -2.19. The summed E-state index contributed by atoms with van der Waals surface area (Å²) in [6.07, 6.45) is 0. The predicted molar refractivity (Wildman–Crippen MR) is 65.9 cm³/mol. The van der Waals surface area contributed by atoms with Gasteiger partial charge in [0.05, 0.1) is 11.6 Å². The van der Waals surface area contributed by atoms with Crippen LogP contribution in [0.5, 0.6) is 0 Å². The third-order valence-electron chi connectivity index (χ3n) is 3.20. The highest BCUT2D eigenvalue weighted by molar-refractivity contribution is 5.94. The average molecular weight is 248 g/mol. The van der Waals surface area contributed by atoms with E-state index in [4.69, 9.17) is 10.5 Å². The summed E-state index contributed by atoms with van der Waals surface area (Å²) in [5, 5.41) is 2.80. The minimum Gasteiger partial charge on any atom is -0.457 e. The Morgan fingerprint density at radius 2 is 2.28 bits per heavy atom. The van der Waals surface area contributed by atoms with E-state index in [1.807, 2.05) is 13.0 Å². The van der Waals surface area contributed by atoms with Crippen LogP contribution in [0.15, 0.2) is 12.1 Å². The summed E-state index contributed by atoms with van der Waals surface area (Å²) < 4.78 is 5.00. The van der Waals surface area contributed by atoms with Crippen molar-refractivity contribution >= 4 is 11.9 Å². The van der Waals surface area contributed by atoms with Gasteiger partial charge in [0.15, 0.2) is 0 Å². The molecule has 2 rings (SSSR count). The fourth-order valence-electron chi connectivity index (χ4n) is 2.25. The Kier molecular flexibility index (Phi) is 3.34. The van der Waals surface area contributed by atoms with Crippen LogP contribution in [-0.2, 0) is 16.1 Å². The molecule has 96 valence electrons. The van der Waals surface area contributed by atoms with Gasteiger partial charge >= 0.3 is 5.97 Å². The molecule has 1 aromatic carbocycles. The van der Waals surface area contributed by atoms with Gasteiger partial charge in [0.2, 0.25) is 5.91 Å². The number of fused-ring (bicyclic) bond motifs is 1. The number of ether oxygens (including phenoxy) is 1. The first kappa shape index (κ1) is 12.6. The Labute approximate surface area is 105 Å². The molecule has 18 heavy (non-hydrogen) atoms. The number of amides is 1. The third-order valence-corrected chi connectivity index (χ3v) is 3.20. The van der Waals surface area contributed by atoms with E-state index in [0.29, 0.717) is 18.7 Å². The van der Waals surface area contributed by atoms with E-state index < -0.39 is 0 Å². The number of rotatable bonds is 3. The normalized spacial score (nSPS) is 14.9. The summed E-state index contributed by atoms with van der Waals surface area (Å²) >= 11 is 0. The molecule has 1 aliphatic heterocycles. The highest BCUT2D eigenvalue weighted by Crippen LogP contribution is 2.28. The number of nitrogens with two attached hydrogens (primary N) is 1. The molecule has 0 radical (unpaired) electrons. The molecule has 0 bridgehead atoms. The highest BCUT2D eigenvalue weighted by Gasteiger charge is 2.25. The van der Waals surface area contributed by atoms with Crippen LogP contribution in [-0.4, -0.2) is 18.4 Å². The van der Waals surface area contributed by atoms with Gasteiger partial charge in [-0.15, -0.1) is 0 Å². The van der Waals surface area contributed by atoms with Gasteiger partial charge in [0.1, 0.15) is 6.61 Å². The second kappa shape index (κ2) is 4.78. The summed E-state index contributed by atoms with van der Waals surface area (Å²) in [6.45, 7) is 3.98. The Hall–Kier alpha value is -1.88. The smallest absolute Gasteiger partial charge is 0.338 e. The van der Waals surface area contributed by atoms with Gasteiger partial charge in [-0.2, -0.15) is 0 Å². The molecule has 0 fully saturated rings. The minimum absolute atomic E-state index is 0.127. The second-order valence-corrected chi connectivity index (χ2v) is 4.37. The highest BCUT2D eigenvalue weighted by atomic mass is 16.5. The average Bonchev–Trinajstić information content (AvgIpc) is 2.70. The number of benzene rings is 1.